The fourth-order valence-corrected chi connectivity index (χ4v) is 11.6. The van der Waals surface area contributed by atoms with E-state index in [9.17, 15) is 0 Å². The third kappa shape index (κ3) is 4.76. The maximum atomic E-state index is 7.80. The Balaban J connectivity index is 1.06. The molecule has 1 unspecified atom stereocenters. The highest BCUT2D eigenvalue weighted by molar-refractivity contribution is 6.11. The Morgan fingerprint density at radius 2 is 1.01 bits per heavy atom. The highest BCUT2D eigenvalue weighted by atomic mass is 16.5. The molecule has 0 fully saturated rings. The summed E-state index contributed by atoms with van der Waals surface area (Å²) in [7, 11) is 0. The second-order valence-electron chi connectivity index (χ2n) is 17.6. The molecule has 15 rings (SSSR count). The van der Waals surface area contributed by atoms with Crippen LogP contribution in [0.15, 0.2) is 207 Å². The highest BCUT2D eigenvalue weighted by Crippen LogP contribution is 2.65. The minimum absolute atomic E-state index is 0.607. The Bertz CT molecular complexity index is 4120. The fourth-order valence-electron chi connectivity index (χ4n) is 11.6. The molecular weight excluding hydrogens is 837 g/mol. The van der Waals surface area contributed by atoms with Crippen molar-refractivity contribution in [2.24, 2.45) is 0 Å². The molecule has 0 saturated heterocycles. The third-order valence-electron chi connectivity index (χ3n) is 14.2. The molecule has 316 valence electrons. The molecule has 8 nitrogen and oxygen atoms in total. The number of fused-ring (bicyclic) bond motifs is 17. The van der Waals surface area contributed by atoms with Crippen LogP contribution in [0, 0.1) is 6.57 Å². The largest absolute Gasteiger partial charge is 0.457 e. The van der Waals surface area contributed by atoms with Crippen molar-refractivity contribution >= 4 is 66.4 Å². The summed E-state index contributed by atoms with van der Waals surface area (Å²) < 4.78 is 18.6. The molecule has 6 heterocycles. The lowest BCUT2D eigenvalue weighted by Crippen LogP contribution is -2.34. The zero-order valence-corrected chi connectivity index (χ0v) is 36.1. The molecule has 12 aromatic rings. The Morgan fingerprint density at radius 1 is 0.426 bits per heavy atom. The van der Waals surface area contributed by atoms with Crippen molar-refractivity contribution in [3.8, 4) is 45.8 Å². The van der Waals surface area contributed by atoms with Crippen LogP contribution in [-0.2, 0) is 5.41 Å². The van der Waals surface area contributed by atoms with E-state index in [1.165, 1.54) is 10.8 Å². The van der Waals surface area contributed by atoms with Gasteiger partial charge in [0.05, 0.1) is 74.4 Å². The van der Waals surface area contributed by atoms with E-state index in [0.717, 1.165) is 118 Å². The van der Waals surface area contributed by atoms with E-state index < -0.39 is 5.41 Å². The van der Waals surface area contributed by atoms with Crippen molar-refractivity contribution in [3.05, 3.63) is 240 Å². The minimum atomic E-state index is -0.980. The number of hydrogen-bond donors (Lipinski definition) is 0. The van der Waals surface area contributed by atoms with Gasteiger partial charge in [-0.2, -0.15) is 0 Å². The summed E-state index contributed by atoms with van der Waals surface area (Å²) in [6, 6.07) is 67.6. The Hall–Kier alpha value is -9.45. The normalized spacial score (nSPS) is 15.0. The third-order valence-corrected chi connectivity index (χ3v) is 14.2. The average molecular weight is 871 g/mol. The summed E-state index contributed by atoms with van der Waals surface area (Å²) in [5.41, 5.74) is 14.2. The number of pyridine rings is 2. The molecule has 1 aliphatic carbocycles. The predicted molar refractivity (Wildman–Crippen MR) is 269 cm³/mol. The van der Waals surface area contributed by atoms with E-state index in [-0.39, 0.29) is 0 Å². The van der Waals surface area contributed by atoms with Gasteiger partial charge in [-0.1, -0.05) is 103 Å². The molecule has 0 saturated carbocycles. The van der Waals surface area contributed by atoms with Crippen LogP contribution in [0.1, 0.15) is 22.3 Å². The lowest BCUT2D eigenvalue weighted by molar-refractivity contribution is 0.436. The first-order valence-electron chi connectivity index (χ1n) is 22.7. The van der Waals surface area contributed by atoms with Gasteiger partial charge in [0.25, 0.3) is 0 Å². The first-order chi connectivity index (χ1) is 33.7. The fraction of sp³-hybridized carbons (Fsp3) is 0.0167. The Kier molecular flexibility index (Phi) is 7.34. The van der Waals surface area contributed by atoms with Gasteiger partial charge < -0.3 is 23.5 Å². The average Bonchev–Trinajstić information content (AvgIpc) is 4.01. The second-order valence-corrected chi connectivity index (χ2v) is 17.6. The second kappa shape index (κ2) is 13.5. The van der Waals surface area contributed by atoms with E-state index in [1.54, 1.807) is 0 Å². The number of anilines is 3. The number of para-hydroxylation sites is 7. The van der Waals surface area contributed by atoms with Gasteiger partial charge in [0.2, 0.25) is 0 Å². The molecule has 8 aromatic carbocycles. The van der Waals surface area contributed by atoms with Gasteiger partial charge in [-0.3, -0.25) is 9.97 Å². The van der Waals surface area contributed by atoms with Crippen molar-refractivity contribution in [1.29, 1.82) is 0 Å². The molecule has 3 aliphatic rings. The zero-order chi connectivity index (χ0) is 44.7. The number of hydrogen-bond acceptors (Lipinski definition) is 5. The van der Waals surface area contributed by atoms with E-state index >= 15 is 0 Å². The van der Waals surface area contributed by atoms with E-state index in [1.807, 2.05) is 54.9 Å². The molecule has 68 heavy (non-hydrogen) atoms. The smallest absolute Gasteiger partial charge is 0.188 e. The molecule has 0 bridgehead atoms. The summed E-state index contributed by atoms with van der Waals surface area (Å²) in [5, 5.41) is 4.47. The molecule has 4 aromatic heterocycles. The molecule has 2 aliphatic heterocycles. The minimum Gasteiger partial charge on any atom is -0.457 e. The van der Waals surface area contributed by atoms with Crippen molar-refractivity contribution < 1.29 is 9.47 Å². The van der Waals surface area contributed by atoms with Gasteiger partial charge in [-0.05, 0) is 95.9 Å². The quantitative estimate of drug-likeness (QED) is 0.166. The molecule has 0 amide bonds. The standard InChI is InChI=1S/C60H34N6O2/c1-61-36-27-30-49-42(32-36)41-16-4-7-20-48(41)64(49)37-28-29-43-56(34-37)68-55-26-12-23-52(66-50-21-8-10-24-53(50)67-54-25-11-9-22-51(54)66)57(55)60(43)44-17-13-31-62-58(44)59-45(60)33-38(35-63-59)65-46-18-5-2-14-39(46)40-15-3-6-19-47(40)65/h2-35H. The molecule has 8 heteroatoms. The number of nitrogens with zero attached hydrogens (tertiary/aromatic N) is 6. The van der Waals surface area contributed by atoms with E-state index in [2.05, 4.69) is 171 Å². The summed E-state index contributed by atoms with van der Waals surface area (Å²) >= 11 is 0. The van der Waals surface area contributed by atoms with Crippen LogP contribution >= 0.6 is 0 Å². The van der Waals surface area contributed by atoms with E-state index in [4.69, 9.17) is 26.0 Å². The molecule has 1 spiro atoms. The summed E-state index contributed by atoms with van der Waals surface area (Å²) in [4.78, 5) is 16.7. The maximum Gasteiger partial charge on any atom is 0.188 e. The zero-order valence-electron chi connectivity index (χ0n) is 36.1. The van der Waals surface area contributed by atoms with Crippen LogP contribution in [0.2, 0.25) is 0 Å². The molecule has 1 atom stereocenters. The van der Waals surface area contributed by atoms with Crippen molar-refractivity contribution in [2.45, 2.75) is 5.41 Å². The maximum absolute atomic E-state index is 7.80. The van der Waals surface area contributed by atoms with Crippen LogP contribution in [0.25, 0.3) is 71.2 Å². The summed E-state index contributed by atoms with van der Waals surface area (Å²) in [6.45, 7) is 7.80. The van der Waals surface area contributed by atoms with Gasteiger partial charge in [0.1, 0.15) is 11.5 Å². The Labute approximate surface area is 389 Å². The monoisotopic (exact) mass is 870 g/mol. The Morgan fingerprint density at radius 3 is 1.74 bits per heavy atom. The highest BCUT2D eigenvalue weighted by Gasteiger charge is 2.55. The summed E-state index contributed by atoms with van der Waals surface area (Å²) in [6.07, 6.45) is 3.87. The van der Waals surface area contributed by atoms with Gasteiger partial charge >= 0.3 is 0 Å². The van der Waals surface area contributed by atoms with Crippen molar-refractivity contribution in [1.82, 2.24) is 19.1 Å². The van der Waals surface area contributed by atoms with Crippen LogP contribution < -0.4 is 14.4 Å². The lowest BCUT2D eigenvalue weighted by atomic mass is 9.65. The topological polar surface area (TPSA) is 61.7 Å². The van der Waals surface area contributed by atoms with Gasteiger partial charge in [0.15, 0.2) is 17.2 Å². The van der Waals surface area contributed by atoms with Crippen molar-refractivity contribution in [3.63, 3.8) is 0 Å². The molecule has 0 radical (unpaired) electrons. The first-order valence-corrected chi connectivity index (χ1v) is 22.7. The van der Waals surface area contributed by atoms with Crippen LogP contribution in [0.5, 0.6) is 23.0 Å². The SMILES string of the molecule is [C-]#[N+]c1ccc2c(c1)c1ccccc1n2-c1ccc2c(c1)Oc1cccc(N3c4ccccc4Oc4ccccc43)c1C21c2cccnc2-c2ncc(-n3c4ccccc4c4ccccc43)cc21. The number of rotatable bonds is 3. The van der Waals surface area contributed by atoms with Gasteiger partial charge in [-0.15, -0.1) is 0 Å². The predicted octanol–water partition coefficient (Wildman–Crippen LogP) is 15.3. The number of aromatic nitrogens is 4. The lowest BCUT2D eigenvalue weighted by Gasteiger charge is -2.43. The molecule has 0 N–H and O–H groups in total. The van der Waals surface area contributed by atoms with Gasteiger partial charge in [-0.25, -0.2) is 4.85 Å². The van der Waals surface area contributed by atoms with Crippen LogP contribution in [0.3, 0.4) is 0 Å². The van der Waals surface area contributed by atoms with Crippen LogP contribution in [-0.4, -0.2) is 19.1 Å². The van der Waals surface area contributed by atoms with Gasteiger partial charge in [0, 0.05) is 50.8 Å². The number of ether oxygens (including phenoxy) is 2. The number of benzene rings is 8. The van der Waals surface area contributed by atoms with Crippen LogP contribution in [0.4, 0.5) is 22.7 Å². The molecular formula is C60H34N6O2. The van der Waals surface area contributed by atoms with Crippen molar-refractivity contribution in [2.75, 3.05) is 4.90 Å². The van der Waals surface area contributed by atoms with E-state index in [0.29, 0.717) is 5.69 Å². The summed E-state index contributed by atoms with van der Waals surface area (Å²) in [5.74, 6) is 2.98. The first kappa shape index (κ1) is 36.8.